The Morgan fingerprint density at radius 2 is 2.19 bits per heavy atom. The minimum absolute atomic E-state index is 0.262. The van der Waals surface area contributed by atoms with Crippen LogP contribution in [0.4, 0.5) is 0 Å². The molecular formula is C12H12ClNO2. The molecule has 0 unspecified atom stereocenters. The van der Waals surface area contributed by atoms with Gasteiger partial charge in [0.05, 0.1) is 16.1 Å². The van der Waals surface area contributed by atoms with Gasteiger partial charge in [-0.05, 0) is 18.6 Å². The maximum absolute atomic E-state index is 11.1. The Balaban J connectivity index is 2.93. The standard InChI is InChI=1S/C12H12ClNO2/c1-3-8-11(13)10-7(12(15)16)5-4-6-9(10)14(8)2/h4-6H,3H2,1-2H3,(H,15,16). The smallest absolute Gasteiger partial charge is 0.336 e. The summed E-state index contributed by atoms with van der Waals surface area (Å²) in [6.07, 6.45) is 0.781. The lowest BCUT2D eigenvalue weighted by molar-refractivity contribution is 0.0699. The average Bonchev–Trinajstić information content (AvgIpc) is 2.51. The molecule has 0 saturated heterocycles. The van der Waals surface area contributed by atoms with Crippen molar-refractivity contribution in [3.8, 4) is 0 Å². The number of hydrogen-bond donors (Lipinski definition) is 1. The Morgan fingerprint density at radius 3 is 2.75 bits per heavy atom. The van der Waals surface area contributed by atoms with Gasteiger partial charge in [0.2, 0.25) is 0 Å². The minimum Gasteiger partial charge on any atom is -0.478 e. The summed E-state index contributed by atoms with van der Waals surface area (Å²) >= 11 is 6.23. The minimum atomic E-state index is -0.944. The summed E-state index contributed by atoms with van der Waals surface area (Å²) < 4.78 is 1.95. The first-order valence-corrected chi connectivity index (χ1v) is 5.44. The van der Waals surface area contributed by atoms with Crippen molar-refractivity contribution in [3.63, 3.8) is 0 Å². The van der Waals surface area contributed by atoms with Gasteiger partial charge < -0.3 is 9.67 Å². The Bertz CT molecular complexity index is 572. The summed E-state index contributed by atoms with van der Waals surface area (Å²) in [6.45, 7) is 2.00. The third-order valence-corrected chi connectivity index (χ3v) is 3.25. The SMILES string of the molecule is CCc1c(Cl)c2c(C(=O)O)cccc2n1C. The van der Waals surface area contributed by atoms with Gasteiger partial charge in [-0.3, -0.25) is 0 Å². The zero-order chi connectivity index (χ0) is 11.9. The van der Waals surface area contributed by atoms with Crippen molar-refractivity contribution >= 4 is 28.5 Å². The Hall–Kier alpha value is -1.48. The second-order valence-corrected chi connectivity index (χ2v) is 4.06. The molecule has 0 radical (unpaired) electrons. The highest BCUT2D eigenvalue weighted by atomic mass is 35.5. The number of aromatic carboxylic acids is 1. The number of carbonyl (C=O) groups is 1. The van der Waals surface area contributed by atoms with Crippen LogP contribution in [-0.2, 0) is 13.5 Å². The van der Waals surface area contributed by atoms with Crippen LogP contribution in [0.3, 0.4) is 0 Å². The average molecular weight is 238 g/mol. The Kier molecular flexibility index (Phi) is 2.64. The molecule has 2 rings (SSSR count). The number of hydrogen-bond acceptors (Lipinski definition) is 1. The molecule has 0 bridgehead atoms. The van der Waals surface area contributed by atoms with E-state index in [-0.39, 0.29) is 5.56 Å². The van der Waals surface area contributed by atoms with E-state index in [0.717, 1.165) is 17.6 Å². The molecular weight excluding hydrogens is 226 g/mol. The van der Waals surface area contributed by atoms with Gasteiger partial charge in [0.15, 0.2) is 0 Å². The third-order valence-electron chi connectivity index (χ3n) is 2.85. The summed E-state index contributed by atoms with van der Waals surface area (Å²) in [7, 11) is 1.90. The lowest BCUT2D eigenvalue weighted by atomic mass is 10.1. The molecule has 0 aliphatic heterocycles. The highest BCUT2D eigenvalue weighted by Gasteiger charge is 2.17. The first-order chi connectivity index (χ1) is 7.57. The molecule has 0 atom stereocenters. The van der Waals surface area contributed by atoms with Crippen LogP contribution in [-0.4, -0.2) is 15.6 Å². The van der Waals surface area contributed by atoms with Crippen molar-refractivity contribution in [2.24, 2.45) is 7.05 Å². The lowest BCUT2D eigenvalue weighted by Crippen LogP contribution is -1.97. The summed E-state index contributed by atoms with van der Waals surface area (Å²) in [5.41, 5.74) is 2.09. The first-order valence-electron chi connectivity index (χ1n) is 5.07. The fourth-order valence-corrected chi connectivity index (χ4v) is 2.52. The number of fused-ring (bicyclic) bond motifs is 1. The van der Waals surface area contributed by atoms with E-state index in [1.165, 1.54) is 0 Å². The van der Waals surface area contributed by atoms with Crippen molar-refractivity contribution < 1.29 is 9.90 Å². The highest BCUT2D eigenvalue weighted by molar-refractivity contribution is 6.37. The van der Waals surface area contributed by atoms with Crippen molar-refractivity contribution in [3.05, 3.63) is 34.5 Å². The van der Waals surface area contributed by atoms with E-state index < -0.39 is 5.97 Å². The number of benzene rings is 1. The van der Waals surface area contributed by atoms with Crippen LogP contribution in [0.25, 0.3) is 10.9 Å². The molecule has 0 spiro atoms. The molecule has 84 valence electrons. The summed E-state index contributed by atoms with van der Waals surface area (Å²) in [4.78, 5) is 11.1. The zero-order valence-electron chi connectivity index (χ0n) is 9.12. The molecule has 2 aromatic rings. The second-order valence-electron chi connectivity index (χ2n) is 3.68. The summed E-state index contributed by atoms with van der Waals surface area (Å²) in [5, 5.41) is 10.3. The van der Waals surface area contributed by atoms with E-state index >= 15 is 0 Å². The maximum Gasteiger partial charge on any atom is 0.336 e. The van der Waals surface area contributed by atoms with Crippen LogP contribution in [0.2, 0.25) is 5.02 Å². The van der Waals surface area contributed by atoms with Crippen molar-refractivity contribution in [1.29, 1.82) is 0 Å². The van der Waals surface area contributed by atoms with E-state index in [4.69, 9.17) is 16.7 Å². The fourth-order valence-electron chi connectivity index (χ4n) is 2.06. The van der Waals surface area contributed by atoms with Gasteiger partial charge in [-0.15, -0.1) is 0 Å². The van der Waals surface area contributed by atoms with Gasteiger partial charge >= 0.3 is 5.97 Å². The number of aryl methyl sites for hydroxylation is 1. The lowest BCUT2D eigenvalue weighted by Gasteiger charge is -2.00. The van der Waals surface area contributed by atoms with Crippen LogP contribution in [0.1, 0.15) is 23.0 Å². The Morgan fingerprint density at radius 1 is 1.50 bits per heavy atom. The molecule has 1 aromatic carbocycles. The van der Waals surface area contributed by atoms with Crippen molar-refractivity contribution in [2.75, 3.05) is 0 Å². The van der Waals surface area contributed by atoms with Gasteiger partial charge in [0.25, 0.3) is 0 Å². The van der Waals surface area contributed by atoms with Crippen LogP contribution < -0.4 is 0 Å². The molecule has 0 fully saturated rings. The summed E-state index contributed by atoms with van der Waals surface area (Å²) in [5.74, 6) is -0.944. The molecule has 16 heavy (non-hydrogen) atoms. The molecule has 1 heterocycles. The van der Waals surface area contributed by atoms with E-state index in [0.29, 0.717) is 10.4 Å². The summed E-state index contributed by atoms with van der Waals surface area (Å²) in [6, 6.07) is 5.20. The van der Waals surface area contributed by atoms with Crippen LogP contribution in [0.5, 0.6) is 0 Å². The highest BCUT2D eigenvalue weighted by Crippen LogP contribution is 2.32. The van der Waals surface area contributed by atoms with Crippen LogP contribution >= 0.6 is 11.6 Å². The predicted octanol–water partition coefficient (Wildman–Crippen LogP) is 3.09. The number of aromatic nitrogens is 1. The molecule has 0 amide bonds. The maximum atomic E-state index is 11.1. The van der Waals surface area contributed by atoms with Gasteiger partial charge in [-0.25, -0.2) is 4.79 Å². The predicted molar refractivity (Wildman–Crippen MR) is 64.3 cm³/mol. The van der Waals surface area contributed by atoms with E-state index in [9.17, 15) is 4.79 Å². The molecule has 1 aromatic heterocycles. The van der Waals surface area contributed by atoms with Gasteiger partial charge in [0.1, 0.15) is 0 Å². The van der Waals surface area contributed by atoms with Gasteiger partial charge in [-0.1, -0.05) is 24.6 Å². The van der Waals surface area contributed by atoms with Gasteiger partial charge in [0, 0.05) is 18.1 Å². The zero-order valence-corrected chi connectivity index (χ0v) is 9.88. The number of halogens is 1. The van der Waals surface area contributed by atoms with E-state index in [1.807, 2.05) is 24.6 Å². The first kappa shape index (κ1) is 11.0. The van der Waals surface area contributed by atoms with Crippen LogP contribution in [0, 0.1) is 0 Å². The van der Waals surface area contributed by atoms with E-state index in [1.54, 1.807) is 12.1 Å². The molecule has 0 saturated carbocycles. The largest absolute Gasteiger partial charge is 0.478 e. The fraction of sp³-hybridized carbons (Fsp3) is 0.250. The van der Waals surface area contributed by atoms with Crippen molar-refractivity contribution in [2.45, 2.75) is 13.3 Å². The molecule has 0 aliphatic carbocycles. The monoisotopic (exact) mass is 237 g/mol. The number of carboxylic acids is 1. The quantitative estimate of drug-likeness (QED) is 0.872. The normalized spacial score (nSPS) is 10.9. The van der Waals surface area contributed by atoms with Crippen LogP contribution in [0.15, 0.2) is 18.2 Å². The Labute approximate surface area is 98.3 Å². The number of nitrogens with zero attached hydrogens (tertiary/aromatic N) is 1. The molecule has 1 N–H and O–H groups in total. The number of carboxylic acid groups (broad SMARTS) is 1. The van der Waals surface area contributed by atoms with E-state index in [2.05, 4.69) is 0 Å². The second kappa shape index (κ2) is 3.83. The number of rotatable bonds is 2. The molecule has 4 heteroatoms. The third kappa shape index (κ3) is 1.39. The van der Waals surface area contributed by atoms with Gasteiger partial charge in [-0.2, -0.15) is 0 Å². The van der Waals surface area contributed by atoms with Crippen molar-refractivity contribution in [1.82, 2.24) is 4.57 Å². The topological polar surface area (TPSA) is 42.2 Å². The molecule has 3 nitrogen and oxygen atoms in total. The molecule has 0 aliphatic rings.